The molecule has 0 spiro atoms. The van der Waals surface area contributed by atoms with Crippen LogP contribution in [0.25, 0.3) is 0 Å². The molecule has 4 nitrogen and oxygen atoms in total. The van der Waals surface area contributed by atoms with E-state index in [1.54, 1.807) is 12.1 Å². The quantitative estimate of drug-likeness (QED) is 0.799. The van der Waals surface area contributed by atoms with Gasteiger partial charge in [-0.15, -0.1) is 0 Å². The summed E-state index contributed by atoms with van der Waals surface area (Å²) in [6, 6.07) is 5.71. The second-order valence-corrected chi connectivity index (χ2v) is 8.12. The fourth-order valence-corrected chi connectivity index (χ4v) is 3.59. The van der Waals surface area contributed by atoms with E-state index in [9.17, 15) is 13.7 Å². The number of hydrogen-bond donors (Lipinski definition) is 0. The number of nitrogens with zero attached hydrogens (tertiary/aromatic N) is 2. The van der Waals surface area contributed by atoms with Gasteiger partial charge in [0.05, 0.1) is 16.5 Å². The van der Waals surface area contributed by atoms with Crippen molar-refractivity contribution in [1.29, 1.82) is 5.26 Å². The Morgan fingerprint density at radius 2 is 1.59 bits per heavy atom. The third-order valence-corrected chi connectivity index (χ3v) is 6.22. The minimum Gasteiger partial charge on any atom is -0.207 e. The normalized spacial score (nSPS) is 14.6. The summed E-state index contributed by atoms with van der Waals surface area (Å²) >= 11 is 0. The van der Waals surface area contributed by atoms with Crippen molar-refractivity contribution >= 4 is 10.0 Å². The lowest BCUT2D eigenvalue weighted by Crippen LogP contribution is -2.24. The highest BCUT2D eigenvalue weighted by atomic mass is 32.2. The molecule has 0 saturated carbocycles. The average molecular weight is 322 g/mol. The summed E-state index contributed by atoms with van der Waals surface area (Å²) in [5, 5.41) is 9.43. The van der Waals surface area contributed by atoms with Gasteiger partial charge in [-0.05, 0) is 47.9 Å². The van der Waals surface area contributed by atoms with Crippen LogP contribution < -0.4 is 0 Å². The van der Waals surface area contributed by atoms with Crippen molar-refractivity contribution in [1.82, 2.24) is 4.31 Å². The van der Waals surface area contributed by atoms with Gasteiger partial charge in [0.15, 0.2) is 0 Å². The molecule has 0 heterocycles. The van der Waals surface area contributed by atoms with Crippen LogP contribution in [0.2, 0.25) is 0 Å². The lowest BCUT2D eigenvalue weighted by atomic mass is 9.89. The number of nitriles is 1. The standard InChI is InChI=1S/C17H26N2O2S/c1-7-12(3)15-10-17(22(20,21)19(5)6)16(13(4)8-2)9-14(15)11-18/h9-10,12-13H,7-8H2,1-6H3. The largest absolute Gasteiger partial charge is 0.242 e. The van der Waals surface area contributed by atoms with E-state index < -0.39 is 10.0 Å². The minimum atomic E-state index is -3.53. The summed E-state index contributed by atoms with van der Waals surface area (Å²) in [5.41, 5.74) is 2.14. The van der Waals surface area contributed by atoms with Crippen LogP contribution in [0.1, 0.15) is 69.1 Å². The summed E-state index contributed by atoms with van der Waals surface area (Å²) < 4.78 is 26.6. The van der Waals surface area contributed by atoms with Crippen molar-refractivity contribution in [2.24, 2.45) is 0 Å². The molecule has 1 rings (SSSR count). The zero-order chi connectivity index (χ0) is 17.1. The minimum absolute atomic E-state index is 0.0859. The van der Waals surface area contributed by atoms with Gasteiger partial charge >= 0.3 is 0 Å². The number of sulfonamides is 1. The first-order chi connectivity index (χ1) is 10.2. The van der Waals surface area contributed by atoms with Crippen molar-refractivity contribution in [3.8, 4) is 6.07 Å². The summed E-state index contributed by atoms with van der Waals surface area (Å²) in [6.45, 7) is 8.07. The Morgan fingerprint density at radius 3 is 2.00 bits per heavy atom. The molecule has 0 radical (unpaired) electrons. The number of benzene rings is 1. The molecule has 1 aromatic carbocycles. The highest BCUT2D eigenvalue weighted by Crippen LogP contribution is 2.34. The summed E-state index contributed by atoms with van der Waals surface area (Å²) in [5.74, 6) is 0.236. The Bertz CT molecular complexity index is 673. The predicted octanol–water partition coefficient (Wildman–Crippen LogP) is 3.84. The van der Waals surface area contributed by atoms with Crippen molar-refractivity contribution in [2.45, 2.75) is 57.3 Å². The zero-order valence-electron chi connectivity index (χ0n) is 14.3. The number of hydrogen-bond acceptors (Lipinski definition) is 3. The Hall–Kier alpha value is -1.38. The van der Waals surface area contributed by atoms with Gasteiger partial charge < -0.3 is 0 Å². The summed E-state index contributed by atoms with van der Waals surface area (Å²) in [4.78, 5) is 0.334. The van der Waals surface area contributed by atoms with Gasteiger partial charge in [0.25, 0.3) is 0 Å². The van der Waals surface area contributed by atoms with E-state index in [1.165, 1.54) is 18.4 Å². The molecule has 22 heavy (non-hydrogen) atoms. The molecule has 2 atom stereocenters. The maximum Gasteiger partial charge on any atom is 0.242 e. The molecule has 0 N–H and O–H groups in total. The Balaban J connectivity index is 3.75. The van der Waals surface area contributed by atoms with Crippen LogP contribution in [0, 0.1) is 11.3 Å². The molecule has 0 amide bonds. The lowest BCUT2D eigenvalue weighted by molar-refractivity contribution is 0.517. The lowest BCUT2D eigenvalue weighted by Gasteiger charge is -2.22. The summed E-state index contributed by atoms with van der Waals surface area (Å²) in [7, 11) is -0.451. The van der Waals surface area contributed by atoms with E-state index in [0.29, 0.717) is 10.5 Å². The fraction of sp³-hybridized carbons (Fsp3) is 0.588. The highest BCUT2D eigenvalue weighted by Gasteiger charge is 2.26. The van der Waals surface area contributed by atoms with E-state index in [4.69, 9.17) is 0 Å². The molecule has 0 aliphatic carbocycles. The van der Waals surface area contributed by atoms with E-state index in [1.807, 2.05) is 27.7 Å². The van der Waals surface area contributed by atoms with E-state index in [-0.39, 0.29) is 11.8 Å². The van der Waals surface area contributed by atoms with Gasteiger partial charge in [-0.1, -0.05) is 27.7 Å². The van der Waals surface area contributed by atoms with Gasteiger partial charge in [-0.2, -0.15) is 5.26 Å². The van der Waals surface area contributed by atoms with E-state index in [2.05, 4.69) is 6.07 Å². The average Bonchev–Trinajstić information content (AvgIpc) is 2.51. The maximum absolute atomic E-state index is 12.7. The molecular weight excluding hydrogens is 296 g/mol. The molecule has 5 heteroatoms. The third kappa shape index (κ3) is 3.50. The summed E-state index contributed by atoms with van der Waals surface area (Å²) in [6.07, 6.45) is 1.68. The van der Waals surface area contributed by atoms with Gasteiger partial charge in [0.1, 0.15) is 0 Å². The Kier molecular flexibility index (Phi) is 6.16. The van der Waals surface area contributed by atoms with Crippen LogP contribution in [0.4, 0.5) is 0 Å². The predicted molar refractivity (Wildman–Crippen MR) is 89.4 cm³/mol. The maximum atomic E-state index is 12.7. The second-order valence-electron chi connectivity index (χ2n) is 6.00. The Morgan fingerprint density at radius 1 is 1.09 bits per heavy atom. The monoisotopic (exact) mass is 322 g/mol. The van der Waals surface area contributed by atoms with Crippen LogP contribution in [-0.4, -0.2) is 26.8 Å². The third-order valence-electron chi connectivity index (χ3n) is 4.35. The van der Waals surface area contributed by atoms with Gasteiger partial charge in [0.2, 0.25) is 10.0 Å². The molecule has 0 aliphatic heterocycles. The molecule has 0 saturated heterocycles. The van der Waals surface area contributed by atoms with E-state index >= 15 is 0 Å². The van der Waals surface area contributed by atoms with E-state index in [0.717, 1.165) is 24.0 Å². The van der Waals surface area contributed by atoms with Gasteiger partial charge in [-0.3, -0.25) is 0 Å². The van der Waals surface area contributed by atoms with Crippen LogP contribution in [0.5, 0.6) is 0 Å². The number of rotatable bonds is 6. The first-order valence-corrected chi connectivity index (χ1v) is 9.15. The second kappa shape index (κ2) is 7.26. The first-order valence-electron chi connectivity index (χ1n) is 7.71. The molecule has 0 bridgehead atoms. The smallest absolute Gasteiger partial charge is 0.207 e. The van der Waals surface area contributed by atoms with Crippen LogP contribution in [-0.2, 0) is 10.0 Å². The fourth-order valence-electron chi connectivity index (χ4n) is 2.36. The first kappa shape index (κ1) is 18.7. The zero-order valence-corrected chi connectivity index (χ0v) is 15.2. The molecule has 0 aliphatic rings. The topological polar surface area (TPSA) is 61.2 Å². The molecule has 1 aromatic rings. The van der Waals surface area contributed by atoms with Crippen molar-refractivity contribution < 1.29 is 8.42 Å². The molecular formula is C17H26N2O2S. The van der Waals surface area contributed by atoms with Crippen molar-refractivity contribution in [2.75, 3.05) is 14.1 Å². The van der Waals surface area contributed by atoms with Gasteiger partial charge in [0, 0.05) is 14.1 Å². The Labute approximate surface area is 134 Å². The molecule has 0 aromatic heterocycles. The van der Waals surface area contributed by atoms with Crippen LogP contribution >= 0.6 is 0 Å². The van der Waals surface area contributed by atoms with Crippen molar-refractivity contribution in [3.05, 3.63) is 28.8 Å². The molecule has 122 valence electrons. The van der Waals surface area contributed by atoms with Crippen LogP contribution in [0.3, 0.4) is 0 Å². The SMILES string of the molecule is CCC(C)c1cc(S(=O)(=O)N(C)C)c(C(C)CC)cc1C#N. The van der Waals surface area contributed by atoms with Crippen molar-refractivity contribution in [3.63, 3.8) is 0 Å². The molecule has 2 unspecified atom stereocenters. The van der Waals surface area contributed by atoms with Gasteiger partial charge in [-0.25, -0.2) is 12.7 Å². The molecule has 0 fully saturated rings. The van der Waals surface area contributed by atoms with Crippen LogP contribution in [0.15, 0.2) is 17.0 Å². The highest BCUT2D eigenvalue weighted by molar-refractivity contribution is 7.89.